The lowest BCUT2D eigenvalue weighted by molar-refractivity contribution is 0.0627. The van der Waals surface area contributed by atoms with E-state index >= 15 is 0 Å². The predicted molar refractivity (Wildman–Crippen MR) is 128 cm³/mol. The third kappa shape index (κ3) is 4.73. The summed E-state index contributed by atoms with van der Waals surface area (Å²) >= 11 is 17.3. The van der Waals surface area contributed by atoms with Crippen molar-refractivity contribution in [3.8, 4) is 0 Å². The molecule has 3 aromatic rings. The third-order valence-electron chi connectivity index (χ3n) is 4.86. The number of thiocarbonyl (C=S) groups is 1. The first-order valence-electron chi connectivity index (χ1n) is 9.70. The molecule has 10 heteroatoms. The highest BCUT2D eigenvalue weighted by atomic mass is 35.5. The second-order valence-electron chi connectivity index (χ2n) is 6.91. The lowest BCUT2D eigenvalue weighted by atomic mass is 10.1. The van der Waals surface area contributed by atoms with E-state index in [-0.39, 0.29) is 29.0 Å². The normalized spacial score (nSPS) is 12.5. The number of hydrogen-bond acceptors (Lipinski definition) is 6. The van der Waals surface area contributed by atoms with Gasteiger partial charge in [0, 0.05) is 16.8 Å². The number of carbonyl (C=O) groups excluding carboxylic acids is 3. The molecule has 2 heterocycles. The summed E-state index contributed by atoms with van der Waals surface area (Å²) in [5.41, 5.74) is 1.36. The molecule has 0 aliphatic carbocycles. The lowest BCUT2D eigenvalue weighted by Gasteiger charge is -2.24. The van der Waals surface area contributed by atoms with Crippen LogP contribution < -0.4 is 4.90 Å². The number of hydrogen-bond donors (Lipinski definition) is 0. The minimum absolute atomic E-state index is 0.0315. The Kier molecular flexibility index (Phi) is 6.69. The molecular weight excluding hydrogens is 485 g/mol. The Morgan fingerprint density at radius 1 is 1.00 bits per heavy atom. The molecule has 0 atom stereocenters. The number of nitrogens with zero attached hydrogens (tertiary/aromatic N) is 3. The van der Waals surface area contributed by atoms with Gasteiger partial charge in [0.05, 0.1) is 23.4 Å². The van der Waals surface area contributed by atoms with Gasteiger partial charge in [0.25, 0.3) is 22.9 Å². The quantitative estimate of drug-likeness (QED) is 0.289. The molecule has 0 fully saturated rings. The van der Waals surface area contributed by atoms with Crippen LogP contribution in [-0.4, -0.2) is 45.9 Å². The fourth-order valence-corrected chi connectivity index (χ4v) is 3.86. The van der Waals surface area contributed by atoms with Gasteiger partial charge in [-0.1, -0.05) is 35.3 Å². The molecule has 0 N–H and O–H groups in total. The Labute approximate surface area is 204 Å². The zero-order valence-corrected chi connectivity index (χ0v) is 19.2. The van der Waals surface area contributed by atoms with Gasteiger partial charge in [-0.05, 0) is 60.7 Å². The third-order valence-corrected chi connectivity index (χ3v) is 5.62. The number of benzene rings is 2. The summed E-state index contributed by atoms with van der Waals surface area (Å²) in [4.78, 5) is 44.4. The first-order chi connectivity index (χ1) is 15.9. The molecule has 0 radical (unpaired) electrons. The molecule has 1 aliphatic rings. The second kappa shape index (κ2) is 9.66. The average molecular weight is 500 g/mol. The molecule has 3 amide bonds. The van der Waals surface area contributed by atoms with Crippen LogP contribution in [-0.2, 0) is 4.74 Å². The summed E-state index contributed by atoms with van der Waals surface area (Å²) < 4.78 is 5.63. The van der Waals surface area contributed by atoms with Crippen molar-refractivity contribution in [1.82, 2.24) is 9.88 Å². The van der Waals surface area contributed by atoms with E-state index in [0.29, 0.717) is 21.8 Å². The molecule has 1 aliphatic heterocycles. The highest BCUT2D eigenvalue weighted by Gasteiger charge is 2.35. The van der Waals surface area contributed by atoms with Crippen molar-refractivity contribution in [1.29, 1.82) is 0 Å². The van der Waals surface area contributed by atoms with Crippen molar-refractivity contribution in [3.63, 3.8) is 0 Å². The van der Waals surface area contributed by atoms with Gasteiger partial charge in [0.1, 0.15) is 11.8 Å². The number of aromatic nitrogens is 1. The highest BCUT2D eigenvalue weighted by molar-refractivity contribution is 7.80. The number of pyridine rings is 1. The number of imide groups is 1. The lowest BCUT2D eigenvalue weighted by Crippen LogP contribution is -2.39. The number of rotatable bonds is 5. The minimum atomic E-state index is -0.493. The van der Waals surface area contributed by atoms with Crippen LogP contribution in [0.5, 0.6) is 0 Å². The molecular formula is C23H15Cl2N3O4S. The van der Waals surface area contributed by atoms with Crippen molar-refractivity contribution < 1.29 is 19.1 Å². The van der Waals surface area contributed by atoms with E-state index in [2.05, 4.69) is 4.98 Å². The van der Waals surface area contributed by atoms with Crippen molar-refractivity contribution in [3.05, 3.63) is 93.7 Å². The van der Waals surface area contributed by atoms with E-state index in [9.17, 15) is 14.4 Å². The van der Waals surface area contributed by atoms with E-state index in [0.717, 1.165) is 4.90 Å². The molecule has 7 nitrogen and oxygen atoms in total. The van der Waals surface area contributed by atoms with E-state index in [1.165, 1.54) is 23.2 Å². The van der Waals surface area contributed by atoms with Gasteiger partial charge in [-0.25, -0.2) is 9.88 Å². The van der Waals surface area contributed by atoms with Gasteiger partial charge < -0.3 is 4.74 Å². The van der Waals surface area contributed by atoms with Crippen LogP contribution in [0.3, 0.4) is 0 Å². The minimum Gasteiger partial charge on any atom is -0.468 e. The summed E-state index contributed by atoms with van der Waals surface area (Å²) in [6.07, 6.45) is 1.40. The summed E-state index contributed by atoms with van der Waals surface area (Å²) in [7, 11) is 0. The molecule has 4 rings (SSSR count). The Morgan fingerprint density at radius 3 is 2.24 bits per heavy atom. The number of anilines is 1. The van der Waals surface area contributed by atoms with Crippen molar-refractivity contribution >= 4 is 64.0 Å². The zero-order chi connectivity index (χ0) is 23.5. The Bertz CT molecular complexity index is 1230. The maximum atomic E-state index is 13.2. The van der Waals surface area contributed by atoms with Gasteiger partial charge in [0.2, 0.25) is 0 Å². The van der Waals surface area contributed by atoms with Crippen LogP contribution in [0.4, 0.5) is 5.69 Å². The Balaban J connectivity index is 1.50. The fraction of sp³-hybridized carbons (Fsp3) is 0.0870. The summed E-state index contributed by atoms with van der Waals surface area (Å²) in [5, 5.41) is 0.469. The summed E-state index contributed by atoms with van der Waals surface area (Å²) in [6, 6.07) is 15.9. The largest absolute Gasteiger partial charge is 0.468 e. The van der Waals surface area contributed by atoms with Gasteiger partial charge in [0.15, 0.2) is 0 Å². The number of amides is 3. The molecule has 2 aromatic carbocycles. The van der Waals surface area contributed by atoms with Gasteiger partial charge in [-0.15, -0.1) is 0 Å². The number of carbonyl (C=O) groups is 3. The van der Waals surface area contributed by atoms with Crippen molar-refractivity contribution in [2.24, 2.45) is 0 Å². The Hall–Kier alpha value is -3.33. The molecule has 1 aromatic heterocycles. The standard InChI is InChI=1S/C23H15Cl2N3O4S/c24-15-5-7-16(8-6-15)28(20(29)14-9-10-26-19(25)13-14)23(33)32-12-11-27-21(30)17-3-1-2-4-18(17)22(27)31/h1-10,13H,11-12H2. The van der Waals surface area contributed by atoms with Crippen LogP contribution >= 0.6 is 35.4 Å². The molecule has 0 unspecified atom stereocenters. The maximum Gasteiger partial charge on any atom is 0.271 e. The van der Waals surface area contributed by atoms with Gasteiger partial charge >= 0.3 is 0 Å². The first kappa shape index (κ1) is 22.8. The first-order valence-corrected chi connectivity index (χ1v) is 10.9. The maximum absolute atomic E-state index is 13.2. The smallest absolute Gasteiger partial charge is 0.271 e. The second-order valence-corrected chi connectivity index (χ2v) is 8.08. The topological polar surface area (TPSA) is 79.8 Å². The summed E-state index contributed by atoms with van der Waals surface area (Å²) in [5.74, 6) is -1.29. The predicted octanol–water partition coefficient (Wildman–Crippen LogP) is 4.63. The highest BCUT2D eigenvalue weighted by Crippen LogP contribution is 2.24. The van der Waals surface area contributed by atoms with Crippen LogP contribution in [0.1, 0.15) is 31.1 Å². The average Bonchev–Trinajstić information content (AvgIpc) is 3.05. The number of halogens is 2. The molecule has 0 saturated heterocycles. The van der Waals surface area contributed by atoms with Crippen LogP contribution in [0.15, 0.2) is 66.9 Å². The van der Waals surface area contributed by atoms with Crippen molar-refractivity contribution in [2.45, 2.75) is 0 Å². The molecule has 0 spiro atoms. The number of ether oxygens (including phenoxy) is 1. The monoisotopic (exact) mass is 499 g/mol. The van der Waals surface area contributed by atoms with Crippen molar-refractivity contribution in [2.75, 3.05) is 18.1 Å². The SMILES string of the molecule is O=C1c2ccccc2C(=O)N1CCOC(=S)N(C(=O)c1ccnc(Cl)c1)c1ccc(Cl)cc1. The van der Waals surface area contributed by atoms with Gasteiger partial charge in [-0.2, -0.15) is 0 Å². The van der Waals surface area contributed by atoms with E-state index in [1.54, 1.807) is 48.5 Å². The molecule has 33 heavy (non-hydrogen) atoms. The van der Waals surface area contributed by atoms with Crippen LogP contribution in [0, 0.1) is 0 Å². The number of fused-ring (bicyclic) bond motifs is 1. The van der Waals surface area contributed by atoms with E-state index in [4.69, 9.17) is 40.2 Å². The van der Waals surface area contributed by atoms with Gasteiger partial charge in [-0.3, -0.25) is 19.3 Å². The zero-order valence-electron chi connectivity index (χ0n) is 16.9. The van der Waals surface area contributed by atoms with E-state index in [1.807, 2.05) is 0 Å². The fourth-order valence-electron chi connectivity index (χ4n) is 3.29. The molecule has 0 bridgehead atoms. The van der Waals surface area contributed by atoms with E-state index < -0.39 is 17.7 Å². The molecule has 0 saturated carbocycles. The summed E-state index contributed by atoms with van der Waals surface area (Å²) in [6.45, 7) is -0.130. The molecule has 166 valence electrons. The Morgan fingerprint density at radius 2 is 1.64 bits per heavy atom. The van der Waals surface area contributed by atoms with Crippen LogP contribution in [0.2, 0.25) is 10.2 Å². The van der Waals surface area contributed by atoms with Crippen LogP contribution in [0.25, 0.3) is 0 Å².